The summed E-state index contributed by atoms with van der Waals surface area (Å²) in [5, 5.41) is 6.23. The van der Waals surface area contributed by atoms with E-state index in [0.29, 0.717) is 30.9 Å². The van der Waals surface area contributed by atoms with Gasteiger partial charge >= 0.3 is 29.2 Å². The lowest BCUT2D eigenvalue weighted by Crippen LogP contribution is -2.32. The van der Waals surface area contributed by atoms with E-state index in [1.807, 2.05) is 31.2 Å². The topological polar surface area (TPSA) is 119 Å². The lowest BCUT2D eigenvalue weighted by atomic mass is 10.1. The Bertz CT molecular complexity index is 1440. The third-order valence-electron chi connectivity index (χ3n) is 5.82. The number of aromatic nitrogens is 1. The number of hydrogen-bond acceptors (Lipinski definition) is 9. The monoisotopic (exact) mass is 623 g/mol. The molecule has 9 nitrogen and oxygen atoms in total. The van der Waals surface area contributed by atoms with Gasteiger partial charge in [0.2, 0.25) is 0 Å². The molecule has 0 aliphatic rings. The number of methoxy groups -OCH3 is 1. The molecule has 42 heavy (non-hydrogen) atoms. The second-order valence-corrected chi connectivity index (χ2v) is 10.1. The predicted octanol–water partition coefficient (Wildman–Crippen LogP) is 4.16. The highest BCUT2D eigenvalue weighted by molar-refractivity contribution is 7.16. The van der Waals surface area contributed by atoms with Crippen LogP contribution in [-0.4, -0.2) is 62.1 Å². The van der Waals surface area contributed by atoms with Crippen molar-refractivity contribution in [3.63, 3.8) is 0 Å². The van der Waals surface area contributed by atoms with Crippen molar-refractivity contribution in [2.24, 2.45) is 0 Å². The van der Waals surface area contributed by atoms with Crippen LogP contribution in [0, 0.1) is 0 Å². The summed E-state index contributed by atoms with van der Waals surface area (Å²) in [5.74, 6) is -5.73. The van der Waals surface area contributed by atoms with Crippen molar-refractivity contribution in [3.8, 4) is 5.75 Å². The minimum absolute atomic E-state index is 0.108. The fraction of sp³-hybridized carbons (Fsp3) is 0.423. The van der Waals surface area contributed by atoms with Gasteiger partial charge in [-0.2, -0.15) is 26.3 Å². The molecule has 0 aliphatic carbocycles. The standard InChI is InChI=1S/C26H27F6N3O6S/c1-14(13-39-2)34-11-16-5-3-4-15(10-16)8-9-33-12-19(41-23(37)26(30,31)32)17-6-7-18(40-22(36)25(27,28)29)20-21(17)42-24(38)35-20/h3-7,10,14,19,33-34H,8-9,11-13H2,1-2H3,(H,35,38)/t14?,19-/m0/s1. The van der Waals surface area contributed by atoms with Crippen LogP contribution in [0.25, 0.3) is 10.2 Å². The molecule has 3 aromatic rings. The van der Waals surface area contributed by atoms with Crippen molar-refractivity contribution in [2.75, 3.05) is 26.8 Å². The normalized spacial score (nSPS) is 13.6. The van der Waals surface area contributed by atoms with Crippen molar-refractivity contribution in [1.29, 1.82) is 0 Å². The average Bonchev–Trinajstić information content (AvgIpc) is 3.30. The van der Waals surface area contributed by atoms with Crippen LogP contribution in [-0.2, 0) is 32.0 Å². The number of carbonyl (C=O) groups excluding carboxylic acids is 2. The fourth-order valence-corrected chi connectivity index (χ4v) is 4.81. The maximum Gasteiger partial charge on any atom is 0.491 e. The molecule has 2 atom stereocenters. The van der Waals surface area contributed by atoms with Gasteiger partial charge in [0.15, 0.2) is 5.75 Å². The van der Waals surface area contributed by atoms with Crippen LogP contribution < -0.4 is 20.2 Å². The Labute approximate surface area is 239 Å². The SMILES string of the molecule is COCC(C)NCc1cccc(CCNC[C@H](OC(=O)C(F)(F)F)c2ccc(OC(=O)C(F)(F)F)c3[nH]c(=O)sc23)c1. The van der Waals surface area contributed by atoms with E-state index in [0.717, 1.165) is 23.3 Å². The average molecular weight is 624 g/mol. The number of esters is 2. The number of aromatic amines is 1. The van der Waals surface area contributed by atoms with E-state index >= 15 is 0 Å². The van der Waals surface area contributed by atoms with Gasteiger partial charge in [0.25, 0.3) is 0 Å². The first-order chi connectivity index (χ1) is 19.7. The van der Waals surface area contributed by atoms with Gasteiger partial charge in [-0.1, -0.05) is 35.6 Å². The molecule has 0 fully saturated rings. The van der Waals surface area contributed by atoms with E-state index in [-0.39, 0.29) is 34.9 Å². The summed E-state index contributed by atoms with van der Waals surface area (Å²) < 4.78 is 91.2. The molecular formula is C26H27F6N3O6S. The zero-order valence-electron chi connectivity index (χ0n) is 22.3. The first kappa shape index (κ1) is 33.0. The Morgan fingerprint density at radius 2 is 1.71 bits per heavy atom. The molecule has 0 bridgehead atoms. The first-order valence-electron chi connectivity index (χ1n) is 12.4. The maximum atomic E-state index is 13.0. The number of H-pyrrole nitrogens is 1. The quantitative estimate of drug-likeness (QED) is 0.113. The van der Waals surface area contributed by atoms with E-state index in [4.69, 9.17) is 9.47 Å². The second kappa shape index (κ2) is 14.1. The second-order valence-electron chi connectivity index (χ2n) is 9.16. The Kier molecular flexibility index (Phi) is 11.1. The molecule has 3 rings (SSSR count). The van der Waals surface area contributed by atoms with Gasteiger partial charge in [-0.25, -0.2) is 9.59 Å². The van der Waals surface area contributed by atoms with E-state index in [1.165, 1.54) is 0 Å². The van der Waals surface area contributed by atoms with Gasteiger partial charge in [-0.3, -0.25) is 4.79 Å². The van der Waals surface area contributed by atoms with Crippen LogP contribution in [0.1, 0.15) is 29.7 Å². The van der Waals surface area contributed by atoms with Gasteiger partial charge < -0.3 is 29.8 Å². The molecule has 2 aromatic carbocycles. The summed E-state index contributed by atoms with van der Waals surface area (Å²) in [6, 6.07) is 9.64. The van der Waals surface area contributed by atoms with Crippen LogP contribution in [0.2, 0.25) is 0 Å². The number of rotatable bonds is 13. The van der Waals surface area contributed by atoms with Gasteiger partial charge in [0, 0.05) is 31.8 Å². The van der Waals surface area contributed by atoms with Gasteiger partial charge in [0.1, 0.15) is 11.6 Å². The van der Waals surface area contributed by atoms with E-state index in [1.54, 1.807) is 7.11 Å². The molecule has 1 aromatic heterocycles. The highest BCUT2D eigenvalue weighted by atomic mass is 32.1. The third-order valence-corrected chi connectivity index (χ3v) is 6.75. The Balaban J connectivity index is 1.77. The van der Waals surface area contributed by atoms with Crippen LogP contribution in [0.5, 0.6) is 5.75 Å². The molecular weight excluding hydrogens is 596 g/mol. The largest absolute Gasteiger partial charge is 0.491 e. The molecule has 3 N–H and O–H groups in total. The van der Waals surface area contributed by atoms with Crippen LogP contribution in [0.4, 0.5) is 26.3 Å². The predicted molar refractivity (Wildman–Crippen MR) is 140 cm³/mol. The zero-order valence-corrected chi connectivity index (χ0v) is 23.1. The number of hydrogen-bond donors (Lipinski definition) is 3. The highest BCUT2D eigenvalue weighted by Gasteiger charge is 2.43. The van der Waals surface area contributed by atoms with Crippen molar-refractivity contribution in [1.82, 2.24) is 15.6 Å². The van der Waals surface area contributed by atoms with Gasteiger partial charge in [-0.15, -0.1) is 0 Å². The third kappa shape index (κ3) is 9.27. The number of nitrogens with one attached hydrogen (secondary N) is 3. The van der Waals surface area contributed by atoms with E-state index in [2.05, 4.69) is 20.4 Å². The molecule has 0 radical (unpaired) electrons. The summed E-state index contributed by atoms with van der Waals surface area (Å²) in [4.78, 5) is 36.5. The van der Waals surface area contributed by atoms with Crippen molar-refractivity contribution in [3.05, 3.63) is 62.8 Å². The molecule has 16 heteroatoms. The number of fused-ring (bicyclic) bond motifs is 1. The minimum Gasteiger partial charge on any atom is -0.449 e. The molecule has 230 valence electrons. The lowest BCUT2D eigenvalue weighted by Gasteiger charge is -2.21. The van der Waals surface area contributed by atoms with Gasteiger partial charge in [0.05, 0.1) is 11.3 Å². The summed E-state index contributed by atoms with van der Waals surface area (Å²) in [7, 11) is 1.60. The number of ether oxygens (including phenoxy) is 3. The smallest absolute Gasteiger partial charge is 0.449 e. The molecule has 0 saturated carbocycles. The zero-order chi connectivity index (χ0) is 31.1. The highest BCUT2D eigenvalue weighted by Crippen LogP contribution is 2.35. The summed E-state index contributed by atoms with van der Waals surface area (Å²) >= 11 is 0.440. The maximum absolute atomic E-state index is 13.0. The number of alkyl halides is 6. The fourth-order valence-electron chi connectivity index (χ4n) is 3.90. The van der Waals surface area contributed by atoms with Gasteiger partial charge in [-0.05, 0) is 43.1 Å². The number of thiazole rings is 1. The number of benzene rings is 2. The molecule has 0 spiro atoms. The number of halogens is 6. The summed E-state index contributed by atoms with van der Waals surface area (Å²) in [6.45, 7) is 3.02. The molecule has 0 aliphatic heterocycles. The summed E-state index contributed by atoms with van der Waals surface area (Å²) in [6.07, 6.45) is -11.8. The molecule has 0 amide bonds. The first-order valence-corrected chi connectivity index (χ1v) is 13.2. The molecule has 0 saturated heterocycles. The van der Waals surface area contributed by atoms with E-state index < -0.39 is 41.0 Å². The Morgan fingerprint density at radius 3 is 2.38 bits per heavy atom. The van der Waals surface area contributed by atoms with Crippen LogP contribution >= 0.6 is 11.3 Å². The summed E-state index contributed by atoms with van der Waals surface area (Å²) in [5.41, 5.74) is 1.46. The van der Waals surface area contributed by atoms with Crippen LogP contribution in [0.15, 0.2) is 41.2 Å². The molecule has 1 unspecified atom stereocenters. The van der Waals surface area contributed by atoms with E-state index in [9.17, 15) is 40.7 Å². The van der Waals surface area contributed by atoms with Crippen molar-refractivity contribution < 1.29 is 50.1 Å². The minimum atomic E-state index is -5.34. The van der Waals surface area contributed by atoms with Crippen LogP contribution in [0.3, 0.4) is 0 Å². The Morgan fingerprint density at radius 1 is 1.02 bits per heavy atom. The van der Waals surface area contributed by atoms with Crippen molar-refractivity contribution in [2.45, 2.75) is 44.4 Å². The van der Waals surface area contributed by atoms with Crippen molar-refractivity contribution >= 4 is 33.5 Å². The molecule has 1 heterocycles. The Hall–Kier alpha value is -3.47. The lowest BCUT2D eigenvalue weighted by molar-refractivity contribution is -0.205. The number of carbonyl (C=O) groups is 2.